The van der Waals surface area contributed by atoms with Gasteiger partial charge in [-0.25, -0.2) is 15.0 Å². The van der Waals surface area contributed by atoms with Crippen molar-refractivity contribution in [1.29, 1.82) is 0 Å². The van der Waals surface area contributed by atoms with Crippen molar-refractivity contribution in [1.82, 2.24) is 15.0 Å². The number of nitrogens with zero attached hydrogens (tertiary/aromatic N) is 3. The van der Waals surface area contributed by atoms with Crippen molar-refractivity contribution in [3.63, 3.8) is 0 Å². The molecule has 238 valence electrons. The Balaban J connectivity index is 1.14. The third kappa shape index (κ3) is 5.16. The summed E-state index contributed by atoms with van der Waals surface area (Å²) in [5.41, 5.74) is 10.1. The van der Waals surface area contributed by atoms with E-state index in [0.717, 1.165) is 50.2 Å². The molecule has 7 aromatic carbocycles. The molecular weight excluding hydrogens is 639 g/mol. The van der Waals surface area contributed by atoms with E-state index in [1.807, 2.05) is 23.5 Å². The fourth-order valence-corrected chi connectivity index (χ4v) is 8.45. The summed E-state index contributed by atoms with van der Waals surface area (Å²) in [5.74, 6) is 0.678. The maximum atomic E-state index is 5.30. The normalized spacial score (nSPS) is 11.5. The Labute approximate surface area is 299 Å². The molecule has 51 heavy (non-hydrogen) atoms. The minimum atomic E-state index is 0.678. The highest BCUT2D eigenvalue weighted by molar-refractivity contribution is 7.26. The van der Waals surface area contributed by atoms with Gasteiger partial charge in [-0.2, -0.15) is 0 Å². The number of hydrogen-bond acceptors (Lipinski definition) is 4. The topological polar surface area (TPSA) is 38.7 Å². The zero-order chi connectivity index (χ0) is 33.7. The molecule has 0 spiro atoms. The third-order valence-electron chi connectivity index (χ3n) is 9.69. The van der Waals surface area contributed by atoms with Gasteiger partial charge < -0.3 is 0 Å². The van der Waals surface area contributed by atoms with Crippen molar-refractivity contribution in [2.45, 2.75) is 0 Å². The van der Waals surface area contributed by atoms with E-state index in [4.69, 9.17) is 15.0 Å². The predicted molar refractivity (Wildman–Crippen MR) is 215 cm³/mol. The van der Waals surface area contributed by atoms with E-state index in [2.05, 4.69) is 164 Å². The second kappa shape index (κ2) is 12.1. The molecular formula is C47H29N3S. The van der Waals surface area contributed by atoms with Crippen LogP contribution in [0.5, 0.6) is 0 Å². The van der Waals surface area contributed by atoms with Crippen LogP contribution >= 0.6 is 11.3 Å². The van der Waals surface area contributed by atoms with E-state index >= 15 is 0 Å². The van der Waals surface area contributed by atoms with E-state index < -0.39 is 0 Å². The summed E-state index contributed by atoms with van der Waals surface area (Å²) in [6.07, 6.45) is 0. The van der Waals surface area contributed by atoms with Gasteiger partial charge in [-0.15, -0.1) is 11.3 Å². The molecule has 10 aromatic rings. The fourth-order valence-electron chi connectivity index (χ4n) is 7.19. The Kier molecular flexibility index (Phi) is 7.00. The van der Waals surface area contributed by atoms with Crippen LogP contribution in [-0.2, 0) is 0 Å². The average Bonchev–Trinajstić information content (AvgIpc) is 3.60. The maximum absolute atomic E-state index is 5.30. The maximum Gasteiger partial charge on any atom is 0.160 e. The van der Waals surface area contributed by atoms with Crippen molar-refractivity contribution in [2.24, 2.45) is 0 Å². The molecule has 0 bridgehead atoms. The summed E-state index contributed by atoms with van der Waals surface area (Å²) >= 11 is 1.86. The number of hydrogen-bond donors (Lipinski definition) is 0. The quantitative estimate of drug-likeness (QED) is 0.171. The molecule has 0 aliphatic heterocycles. The first kappa shape index (κ1) is 29.4. The Morgan fingerprint density at radius 3 is 1.71 bits per heavy atom. The SMILES string of the molecule is c1ccc(-c2ccc(-c3cc(-c4ccccc4)nc(-c4cccc(-c5nc6ccccc6c6c5ccc5c7ccccc7sc56)c4)n3)cc2)cc1. The predicted octanol–water partition coefficient (Wildman–Crippen LogP) is 12.9. The monoisotopic (exact) mass is 667 g/mol. The van der Waals surface area contributed by atoms with Crippen LogP contribution in [0.1, 0.15) is 0 Å². The van der Waals surface area contributed by atoms with Gasteiger partial charge in [-0.1, -0.05) is 152 Å². The highest BCUT2D eigenvalue weighted by Gasteiger charge is 2.17. The molecule has 0 amide bonds. The second-order valence-corrected chi connectivity index (χ2v) is 13.8. The number of fused-ring (bicyclic) bond motifs is 7. The second-order valence-electron chi connectivity index (χ2n) is 12.8. The summed E-state index contributed by atoms with van der Waals surface area (Å²) in [5, 5.41) is 6.15. The first-order chi connectivity index (χ1) is 25.3. The highest BCUT2D eigenvalue weighted by Crippen LogP contribution is 2.43. The fraction of sp³-hybridized carbons (Fsp3) is 0. The molecule has 4 heteroatoms. The van der Waals surface area contributed by atoms with Crippen LogP contribution in [0, 0.1) is 0 Å². The van der Waals surface area contributed by atoms with Gasteiger partial charge in [0.2, 0.25) is 0 Å². The van der Waals surface area contributed by atoms with Gasteiger partial charge in [-0.3, -0.25) is 0 Å². The lowest BCUT2D eigenvalue weighted by Crippen LogP contribution is -1.96. The molecule has 0 aliphatic carbocycles. The smallest absolute Gasteiger partial charge is 0.160 e. The minimum Gasteiger partial charge on any atom is -0.247 e. The number of benzene rings is 7. The molecule has 0 aliphatic rings. The summed E-state index contributed by atoms with van der Waals surface area (Å²) in [6, 6.07) is 61.8. The van der Waals surface area contributed by atoms with Crippen LogP contribution < -0.4 is 0 Å². The Morgan fingerprint density at radius 1 is 0.353 bits per heavy atom. The van der Waals surface area contributed by atoms with Crippen molar-refractivity contribution in [2.75, 3.05) is 0 Å². The summed E-state index contributed by atoms with van der Waals surface area (Å²) < 4.78 is 2.59. The van der Waals surface area contributed by atoms with E-state index in [9.17, 15) is 0 Å². The van der Waals surface area contributed by atoms with Crippen LogP contribution in [0.25, 0.3) is 98.1 Å². The van der Waals surface area contributed by atoms with Gasteiger partial charge >= 0.3 is 0 Å². The molecule has 3 nitrogen and oxygen atoms in total. The molecule has 0 radical (unpaired) electrons. The van der Waals surface area contributed by atoms with Crippen molar-refractivity contribution in [3.05, 3.63) is 176 Å². The number of thiophene rings is 1. The van der Waals surface area contributed by atoms with Gasteiger partial charge in [0.15, 0.2) is 5.82 Å². The van der Waals surface area contributed by atoms with Crippen LogP contribution in [0.3, 0.4) is 0 Å². The zero-order valence-electron chi connectivity index (χ0n) is 27.5. The molecule has 0 saturated heterocycles. The first-order valence-electron chi connectivity index (χ1n) is 17.1. The third-order valence-corrected chi connectivity index (χ3v) is 10.9. The molecule has 0 fully saturated rings. The van der Waals surface area contributed by atoms with Crippen LogP contribution in [-0.4, -0.2) is 15.0 Å². The first-order valence-corrected chi connectivity index (χ1v) is 17.9. The van der Waals surface area contributed by atoms with Gasteiger partial charge in [0.05, 0.1) is 22.6 Å². The van der Waals surface area contributed by atoms with E-state index in [1.54, 1.807) is 0 Å². The van der Waals surface area contributed by atoms with Crippen molar-refractivity contribution < 1.29 is 0 Å². The Morgan fingerprint density at radius 2 is 0.922 bits per heavy atom. The molecule has 3 aromatic heterocycles. The van der Waals surface area contributed by atoms with Gasteiger partial charge in [0, 0.05) is 58.6 Å². The molecule has 0 saturated carbocycles. The van der Waals surface area contributed by atoms with Gasteiger partial charge in [-0.05, 0) is 35.4 Å². The van der Waals surface area contributed by atoms with Crippen LogP contribution in [0.15, 0.2) is 176 Å². The van der Waals surface area contributed by atoms with E-state index in [0.29, 0.717) is 5.82 Å². The lowest BCUT2D eigenvalue weighted by molar-refractivity contribution is 1.18. The molecule has 0 N–H and O–H groups in total. The van der Waals surface area contributed by atoms with Crippen molar-refractivity contribution >= 4 is 53.2 Å². The molecule has 10 rings (SSSR count). The summed E-state index contributed by atoms with van der Waals surface area (Å²) in [4.78, 5) is 15.6. The molecule has 0 unspecified atom stereocenters. The number of rotatable bonds is 5. The molecule has 3 heterocycles. The minimum absolute atomic E-state index is 0.678. The van der Waals surface area contributed by atoms with Gasteiger partial charge in [0.25, 0.3) is 0 Å². The Hall–Kier alpha value is -6.49. The summed E-state index contributed by atoms with van der Waals surface area (Å²) in [7, 11) is 0. The van der Waals surface area contributed by atoms with Crippen molar-refractivity contribution in [3.8, 4) is 56.3 Å². The van der Waals surface area contributed by atoms with E-state index in [-0.39, 0.29) is 0 Å². The lowest BCUT2D eigenvalue weighted by atomic mass is 9.97. The number of aromatic nitrogens is 3. The number of para-hydroxylation sites is 1. The highest BCUT2D eigenvalue weighted by atomic mass is 32.1. The average molecular weight is 668 g/mol. The van der Waals surface area contributed by atoms with Crippen LogP contribution in [0.2, 0.25) is 0 Å². The Bertz CT molecular complexity index is 2900. The zero-order valence-corrected chi connectivity index (χ0v) is 28.3. The largest absolute Gasteiger partial charge is 0.247 e. The van der Waals surface area contributed by atoms with E-state index in [1.165, 1.54) is 42.1 Å². The lowest BCUT2D eigenvalue weighted by Gasteiger charge is -2.13. The summed E-state index contributed by atoms with van der Waals surface area (Å²) in [6.45, 7) is 0. The van der Waals surface area contributed by atoms with Crippen LogP contribution in [0.4, 0.5) is 0 Å². The standard InChI is InChI=1S/C47H29N3S/c1-3-12-30(13-4-1)31-22-24-33(25-23-31)42-29-41(32-14-5-2-6-15-32)49-47(50-42)35-17-11-16-34(28-35)45-39-27-26-37-36-18-8-10-21-43(36)51-46(37)44(39)38-19-7-9-20-40(38)48-45/h1-29H. The molecule has 0 atom stereocenters. The number of pyridine rings is 1. The van der Waals surface area contributed by atoms with Gasteiger partial charge in [0.1, 0.15) is 0 Å².